The van der Waals surface area contributed by atoms with E-state index in [9.17, 15) is 0 Å². The number of allylic oxidation sites excluding steroid dienone is 1. The third-order valence-corrected chi connectivity index (χ3v) is 8.55. The molecule has 178 valence electrons. The number of hydrogen-bond acceptors (Lipinski definition) is 4. The van der Waals surface area contributed by atoms with E-state index >= 15 is 0 Å². The van der Waals surface area contributed by atoms with Crippen molar-refractivity contribution in [1.82, 2.24) is 10.2 Å². The number of halogens is 1. The molecule has 0 aromatic rings. The molecule has 0 radical (unpaired) electrons. The maximum absolute atomic E-state index is 6.77. The van der Waals surface area contributed by atoms with Crippen molar-refractivity contribution in [3.63, 3.8) is 0 Å². The average molecular weight is 544 g/mol. The van der Waals surface area contributed by atoms with Gasteiger partial charge in [-0.1, -0.05) is 80.9 Å². The summed E-state index contributed by atoms with van der Waals surface area (Å²) in [6.07, 6.45) is 22.2. The van der Waals surface area contributed by atoms with Crippen molar-refractivity contribution >= 4 is 22.6 Å². The number of nitrogens with zero attached hydrogens (tertiary/aromatic N) is 1. The van der Waals surface area contributed by atoms with Crippen LogP contribution in [0.15, 0.2) is 23.5 Å². The first-order valence-corrected chi connectivity index (χ1v) is 14.3. The van der Waals surface area contributed by atoms with Crippen molar-refractivity contribution in [3.05, 3.63) is 23.5 Å². The minimum absolute atomic E-state index is 0.121. The Morgan fingerprint density at radius 3 is 2.32 bits per heavy atom. The number of morpholine rings is 1. The lowest BCUT2D eigenvalue weighted by atomic mass is 9.84. The average Bonchev–Trinajstić information content (AvgIpc) is 2.79. The molecule has 1 aliphatic heterocycles. The minimum atomic E-state index is 0.121. The Bertz CT molecular complexity index is 565. The van der Waals surface area contributed by atoms with Crippen LogP contribution in [-0.4, -0.2) is 47.2 Å². The number of alkyl halides is 1. The van der Waals surface area contributed by atoms with Gasteiger partial charge in [0.05, 0.1) is 13.2 Å². The molecule has 0 aromatic carbocycles. The molecule has 2 fully saturated rings. The highest BCUT2D eigenvalue weighted by Crippen LogP contribution is 2.31. The van der Waals surface area contributed by atoms with Gasteiger partial charge < -0.3 is 20.7 Å². The van der Waals surface area contributed by atoms with Crippen LogP contribution in [0.5, 0.6) is 0 Å². The van der Waals surface area contributed by atoms with E-state index in [4.69, 9.17) is 10.5 Å². The van der Waals surface area contributed by atoms with E-state index in [1.54, 1.807) is 0 Å². The van der Waals surface area contributed by atoms with Gasteiger partial charge in [-0.3, -0.25) is 0 Å². The number of ether oxygens (including phenoxy) is 1. The van der Waals surface area contributed by atoms with Gasteiger partial charge in [-0.15, -0.1) is 0 Å². The van der Waals surface area contributed by atoms with Crippen LogP contribution in [0, 0.1) is 5.92 Å². The van der Waals surface area contributed by atoms with Crippen molar-refractivity contribution in [2.45, 2.75) is 106 Å². The summed E-state index contributed by atoms with van der Waals surface area (Å²) >= 11 is 2.62. The number of nitrogens with two attached hydrogens (primary N) is 1. The SMILES string of the molecule is CCCCCCCCCCC1C(NC2CCC(I)CC2)=CC(N2CCOCC2)=CC1N. The first-order chi connectivity index (χ1) is 15.2. The Kier molecular flexibility index (Phi) is 11.5. The van der Waals surface area contributed by atoms with Crippen LogP contribution in [0.25, 0.3) is 0 Å². The van der Waals surface area contributed by atoms with Gasteiger partial charge in [0.25, 0.3) is 0 Å². The summed E-state index contributed by atoms with van der Waals surface area (Å²) in [5.74, 6) is 0.446. The molecule has 0 amide bonds. The van der Waals surface area contributed by atoms with Crippen LogP contribution in [0.2, 0.25) is 0 Å². The van der Waals surface area contributed by atoms with E-state index in [1.165, 1.54) is 94.9 Å². The second-order valence-electron chi connectivity index (χ2n) is 9.83. The Hall–Kier alpha value is -0.270. The van der Waals surface area contributed by atoms with Gasteiger partial charge in [0.15, 0.2) is 0 Å². The molecule has 4 nitrogen and oxygen atoms in total. The summed E-state index contributed by atoms with van der Waals surface area (Å²) in [4.78, 5) is 2.46. The van der Waals surface area contributed by atoms with Gasteiger partial charge in [0.2, 0.25) is 0 Å². The molecule has 3 rings (SSSR count). The van der Waals surface area contributed by atoms with E-state index in [-0.39, 0.29) is 6.04 Å². The molecule has 3 aliphatic rings. The standard InChI is InChI=1S/C26H46IN3O/c1-2-3-4-5-6-7-8-9-10-24-25(28)19-23(30-15-17-31-18-16-30)20-26(24)29-22-13-11-21(27)12-14-22/h19-22,24-25,29H,2-18,28H2,1H3. The summed E-state index contributed by atoms with van der Waals surface area (Å²) in [5, 5.41) is 3.98. The molecule has 5 heteroatoms. The summed E-state index contributed by atoms with van der Waals surface area (Å²) in [5.41, 5.74) is 9.50. The molecule has 2 aliphatic carbocycles. The third-order valence-electron chi connectivity index (χ3n) is 7.30. The minimum Gasteiger partial charge on any atom is -0.385 e. The van der Waals surface area contributed by atoms with Gasteiger partial charge in [0, 0.05) is 46.4 Å². The lowest BCUT2D eigenvalue weighted by Gasteiger charge is -2.38. The number of hydrogen-bond donors (Lipinski definition) is 2. The number of rotatable bonds is 12. The first-order valence-electron chi connectivity index (χ1n) is 13.1. The normalized spacial score (nSPS) is 29.5. The van der Waals surface area contributed by atoms with E-state index in [0.717, 1.165) is 30.2 Å². The summed E-state index contributed by atoms with van der Waals surface area (Å²) in [6.45, 7) is 5.89. The predicted octanol–water partition coefficient (Wildman–Crippen LogP) is 5.91. The maximum atomic E-state index is 6.77. The first kappa shape index (κ1) is 25.4. The fourth-order valence-electron chi connectivity index (χ4n) is 5.28. The molecule has 2 atom stereocenters. The van der Waals surface area contributed by atoms with Crippen LogP contribution in [0.1, 0.15) is 90.4 Å². The molecule has 0 bridgehead atoms. The second-order valence-corrected chi connectivity index (χ2v) is 11.6. The van der Waals surface area contributed by atoms with Crippen molar-refractivity contribution in [3.8, 4) is 0 Å². The molecule has 3 N–H and O–H groups in total. The summed E-state index contributed by atoms with van der Waals surface area (Å²) < 4.78 is 6.42. The third kappa shape index (κ3) is 8.54. The zero-order chi connectivity index (χ0) is 21.9. The number of unbranched alkanes of at least 4 members (excludes halogenated alkanes) is 7. The zero-order valence-electron chi connectivity index (χ0n) is 19.8. The fourth-order valence-corrected chi connectivity index (χ4v) is 6.00. The molecular weight excluding hydrogens is 497 g/mol. The van der Waals surface area contributed by atoms with Crippen molar-refractivity contribution in [2.24, 2.45) is 11.7 Å². The highest BCUT2D eigenvalue weighted by molar-refractivity contribution is 14.1. The van der Waals surface area contributed by atoms with Gasteiger partial charge in [-0.25, -0.2) is 0 Å². The Balaban J connectivity index is 1.54. The van der Waals surface area contributed by atoms with Crippen molar-refractivity contribution < 1.29 is 4.74 Å². The van der Waals surface area contributed by atoms with E-state index in [1.807, 2.05) is 0 Å². The van der Waals surface area contributed by atoms with E-state index < -0.39 is 0 Å². The van der Waals surface area contributed by atoms with E-state index in [0.29, 0.717) is 12.0 Å². The predicted molar refractivity (Wildman–Crippen MR) is 140 cm³/mol. The summed E-state index contributed by atoms with van der Waals surface area (Å²) in [6, 6.07) is 0.741. The highest BCUT2D eigenvalue weighted by atomic mass is 127. The highest BCUT2D eigenvalue weighted by Gasteiger charge is 2.29. The van der Waals surface area contributed by atoms with Crippen molar-refractivity contribution in [2.75, 3.05) is 26.3 Å². The Morgan fingerprint density at radius 1 is 1.00 bits per heavy atom. The maximum Gasteiger partial charge on any atom is 0.0642 e. The molecule has 1 saturated heterocycles. The summed E-state index contributed by atoms with van der Waals surface area (Å²) in [7, 11) is 0. The van der Waals surface area contributed by atoms with Crippen LogP contribution in [-0.2, 0) is 4.74 Å². The molecular formula is C26H46IN3O. The second kappa shape index (κ2) is 14.1. The van der Waals surface area contributed by atoms with Gasteiger partial charge in [0.1, 0.15) is 0 Å². The quantitative estimate of drug-likeness (QED) is 0.183. The molecule has 0 spiro atoms. The molecule has 0 aromatic heterocycles. The lowest BCUT2D eigenvalue weighted by Crippen LogP contribution is -2.44. The largest absolute Gasteiger partial charge is 0.385 e. The molecule has 2 unspecified atom stereocenters. The lowest BCUT2D eigenvalue weighted by molar-refractivity contribution is 0.0547. The van der Waals surface area contributed by atoms with Gasteiger partial charge in [-0.05, 0) is 44.3 Å². The Labute approximate surface area is 204 Å². The fraction of sp³-hybridized carbons (Fsp3) is 0.846. The smallest absolute Gasteiger partial charge is 0.0642 e. The molecule has 1 saturated carbocycles. The van der Waals surface area contributed by atoms with Crippen LogP contribution in [0.3, 0.4) is 0 Å². The van der Waals surface area contributed by atoms with Crippen LogP contribution >= 0.6 is 22.6 Å². The Morgan fingerprint density at radius 2 is 1.65 bits per heavy atom. The molecule has 31 heavy (non-hydrogen) atoms. The topological polar surface area (TPSA) is 50.5 Å². The number of nitrogens with one attached hydrogen (secondary N) is 1. The molecule has 1 heterocycles. The monoisotopic (exact) mass is 543 g/mol. The van der Waals surface area contributed by atoms with Crippen LogP contribution < -0.4 is 11.1 Å². The van der Waals surface area contributed by atoms with E-state index in [2.05, 4.69) is 51.9 Å². The van der Waals surface area contributed by atoms with Gasteiger partial charge in [-0.2, -0.15) is 0 Å². The van der Waals surface area contributed by atoms with Crippen molar-refractivity contribution in [1.29, 1.82) is 0 Å². The van der Waals surface area contributed by atoms with Gasteiger partial charge >= 0.3 is 0 Å². The van der Waals surface area contributed by atoms with Crippen LogP contribution in [0.4, 0.5) is 0 Å². The zero-order valence-corrected chi connectivity index (χ0v) is 22.0.